The first-order valence-electron chi connectivity index (χ1n) is 13.2. The number of piperidine rings is 1. The van der Waals surface area contributed by atoms with Gasteiger partial charge < -0.3 is 16.0 Å². The Bertz CT molecular complexity index is 1020. The molecule has 188 valence electrons. The number of benzene rings is 2. The first-order valence-corrected chi connectivity index (χ1v) is 13.2. The molecular weight excluding hydrogens is 434 g/mol. The predicted molar refractivity (Wildman–Crippen MR) is 143 cm³/mol. The summed E-state index contributed by atoms with van der Waals surface area (Å²) in [7, 11) is 0. The lowest BCUT2D eigenvalue weighted by Crippen LogP contribution is -2.62. The molecule has 0 unspecified atom stereocenters. The molecule has 2 aromatic rings. The van der Waals surface area contributed by atoms with E-state index in [4.69, 9.17) is 0 Å². The van der Waals surface area contributed by atoms with Gasteiger partial charge in [0.1, 0.15) is 0 Å². The number of nitrogens with one attached hydrogen (secondary N) is 3. The van der Waals surface area contributed by atoms with Crippen molar-refractivity contribution in [3.05, 3.63) is 65.2 Å². The fourth-order valence-electron chi connectivity index (χ4n) is 6.18. The smallest absolute Gasteiger partial charge is 0.251 e. The van der Waals surface area contributed by atoms with E-state index >= 15 is 0 Å². The lowest BCUT2D eigenvalue weighted by molar-refractivity contribution is -0.115. The molecule has 0 bridgehead atoms. The van der Waals surface area contributed by atoms with Gasteiger partial charge in [-0.2, -0.15) is 0 Å². The van der Waals surface area contributed by atoms with Gasteiger partial charge in [0.25, 0.3) is 5.91 Å². The highest BCUT2D eigenvalue weighted by molar-refractivity contribution is 5.96. The Labute approximate surface area is 210 Å². The van der Waals surface area contributed by atoms with Crippen LogP contribution in [-0.2, 0) is 11.2 Å². The third-order valence-corrected chi connectivity index (χ3v) is 7.35. The molecule has 35 heavy (non-hydrogen) atoms. The van der Waals surface area contributed by atoms with Crippen molar-refractivity contribution in [2.75, 3.05) is 5.32 Å². The fraction of sp³-hybridized carbons (Fsp3) is 0.533. The number of rotatable bonds is 6. The van der Waals surface area contributed by atoms with Gasteiger partial charge in [0.15, 0.2) is 0 Å². The van der Waals surface area contributed by atoms with E-state index < -0.39 is 0 Å². The van der Waals surface area contributed by atoms with Gasteiger partial charge in [0.2, 0.25) is 5.91 Å². The quantitative estimate of drug-likeness (QED) is 0.483. The van der Waals surface area contributed by atoms with Gasteiger partial charge in [-0.05, 0) is 94.7 Å². The molecule has 0 atom stereocenters. The average Bonchev–Trinajstić information content (AvgIpc) is 2.78. The van der Waals surface area contributed by atoms with Crippen molar-refractivity contribution in [1.82, 2.24) is 10.6 Å². The molecule has 0 spiro atoms. The van der Waals surface area contributed by atoms with E-state index in [1.165, 1.54) is 37.7 Å². The van der Waals surface area contributed by atoms with Gasteiger partial charge >= 0.3 is 0 Å². The van der Waals surface area contributed by atoms with Crippen LogP contribution in [-0.4, -0.2) is 28.9 Å². The molecule has 5 nitrogen and oxygen atoms in total. The van der Waals surface area contributed by atoms with E-state index in [9.17, 15) is 9.59 Å². The van der Waals surface area contributed by atoms with E-state index in [1.807, 2.05) is 36.4 Å². The molecule has 2 aromatic carbocycles. The highest BCUT2D eigenvalue weighted by atomic mass is 16.2. The van der Waals surface area contributed by atoms with Gasteiger partial charge in [-0.1, -0.05) is 43.5 Å². The number of carbonyl (C=O) groups is 2. The van der Waals surface area contributed by atoms with Crippen molar-refractivity contribution in [3.8, 4) is 0 Å². The van der Waals surface area contributed by atoms with Gasteiger partial charge in [-0.3, -0.25) is 9.59 Å². The first kappa shape index (κ1) is 25.4. The summed E-state index contributed by atoms with van der Waals surface area (Å²) < 4.78 is 0. The molecule has 3 N–H and O–H groups in total. The van der Waals surface area contributed by atoms with Crippen molar-refractivity contribution in [2.24, 2.45) is 0 Å². The second kappa shape index (κ2) is 10.5. The molecule has 1 heterocycles. The Morgan fingerprint density at radius 1 is 0.914 bits per heavy atom. The Morgan fingerprint density at radius 3 is 2.23 bits per heavy atom. The third-order valence-electron chi connectivity index (χ3n) is 7.35. The van der Waals surface area contributed by atoms with Crippen LogP contribution in [0, 0.1) is 0 Å². The summed E-state index contributed by atoms with van der Waals surface area (Å²) in [4.78, 5) is 25.7. The molecule has 2 aliphatic rings. The molecule has 4 rings (SSSR count). The van der Waals surface area contributed by atoms with E-state index in [-0.39, 0.29) is 35.4 Å². The molecule has 1 saturated heterocycles. The molecule has 0 aromatic heterocycles. The summed E-state index contributed by atoms with van der Waals surface area (Å²) >= 11 is 0. The topological polar surface area (TPSA) is 70.2 Å². The zero-order valence-electron chi connectivity index (χ0n) is 21.7. The number of hydrogen-bond donors (Lipinski definition) is 3. The largest absolute Gasteiger partial charge is 0.349 e. The van der Waals surface area contributed by atoms with E-state index in [2.05, 4.69) is 55.8 Å². The van der Waals surface area contributed by atoms with E-state index in [0.717, 1.165) is 24.1 Å². The molecule has 5 heteroatoms. The van der Waals surface area contributed by atoms with Crippen LogP contribution in [0.25, 0.3) is 0 Å². The number of carbonyl (C=O) groups excluding carboxylic acids is 2. The van der Waals surface area contributed by atoms with E-state index in [1.54, 1.807) is 0 Å². The molecule has 2 fully saturated rings. The van der Waals surface area contributed by atoms with E-state index in [0.29, 0.717) is 11.5 Å². The fourth-order valence-corrected chi connectivity index (χ4v) is 6.18. The van der Waals surface area contributed by atoms with Crippen molar-refractivity contribution >= 4 is 17.5 Å². The van der Waals surface area contributed by atoms with Crippen LogP contribution in [0.15, 0.2) is 48.5 Å². The van der Waals surface area contributed by atoms with Gasteiger partial charge in [0, 0.05) is 28.4 Å². The lowest BCUT2D eigenvalue weighted by Gasteiger charge is -2.46. The standard InChI is InChI=1S/C30H41N3O2/c1-29(2)19-26(20-30(3,4)33-29)32-28(35)24-12-8-9-21(17-24)18-27(34)31-25-15-13-23(14-16-25)22-10-6-5-7-11-22/h8-9,12-17,22,26,33H,5-7,10-11,18-20H2,1-4H3,(H,31,34)(H,32,35). The van der Waals surface area contributed by atoms with Crippen LogP contribution in [0.5, 0.6) is 0 Å². The average molecular weight is 476 g/mol. The summed E-state index contributed by atoms with van der Waals surface area (Å²) in [6.45, 7) is 8.71. The van der Waals surface area contributed by atoms with Crippen LogP contribution < -0.4 is 16.0 Å². The predicted octanol–water partition coefficient (Wildman–Crippen LogP) is 5.95. The minimum absolute atomic E-state index is 0.0335. The van der Waals surface area contributed by atoms with Crippen LogP contribution >= 0.6 is 0 Å². The second-order valence-corrected chi connectivity index (χ2v) is 11.9. The maximum absolute atomic E-state index is 13.0. The summed E-state index contributed by atoms with van der Waals surface area (Å²) in [6, 6.07) is 15.8. The third kappa shape index (κ3) is 7.17. The number of hydrogen-bond acceptors (Lipinski definition) is 3. The molecule has 1 aliphatic carbocycles. The van der Waals surface area contributed by atoms with Gasteiger partial charge in [-0.15, -0.1) is 0 Å². The maximum atomic E-state index is 13.0. The maximum Gasteiger partial charge on any atom is 0.251 e. The Morgan fingerprint density at radius 2 is 1.57 bits per heavy atom. The SMILES string of the molecule is CC1(C)CC(NC(=O)c2cccc(CC(=O)Nc3ccc(C4CCCCC4)cc3)c2)CC(C)(C)N1. The van der Waals surface area contributed by atoms with Crippen LogP contribution in [0.2, 0.25) is 0 Å². The second-order valence-electron chi connectivity index (χ2n) is 11.9. The summed E-state index contributed by atoms with van der Waals surface area (Å²) in [5.41, 5.74) is 3.56. The van der Waals surface area contributed by atoms with Crippen molar-refractivity contribution in [2.45, 2.75) is 102 Å². The zero-order chi connectivity index (χ0) is 25.1. The highest BCUT2D eigenvalue weighted by Gasteiger charge is 2.38. The number of amides is 2. The van der Waals surface area contributed by atoms with Crippen molar-refractivity contribution < 1.29 is 9.59 Å². The first-order chi connectivity index (χ1) is 16.6. The molecule has 1 aliphatic heterocycles. The van der Waals surface area contributed by atoms with Crippen LogP contribution in [0.4, 0.5) is 5.69 Å². The Hall–Kier alpha value is -2.66. The zero-order valence-corrected chi connectivity index (χ0v) is 21.7. The highest BCUT2D eigenvalue weighted by Crippen LogP contribution is 2.33. The normalized spacial score (nSPS) is 20.2. The molecule has 1 saturated carbocycles. The molecular formula is C30H41N3O2. The van der Waals surface area contributed by atoms with Crippen molar-refractivity contribution in [3.63, 3.8) is 0 Å². The van der Waals surface area contributed by atoms with Crippen LogP contribution in [0.1, 0.15) is 100 Å². The Balaban J connectivity index is 1.33. The van der Waals surface area contributed by atoms with Crippen LogP contribution in [0.3, 0.4) is 0 Å². The van der Waals surface area contributed by atoms with Gasteiger partial charge in [0.05, 0.1) is 6.42 Å². The minimum Gasteiger partial charge on any atom is -0.349 e. The summed E-state index contributed by atoms with van der Waals surface area (Å²) in [5.74, 6) is 0.503. The van der Waals surface area contributed by atoms with Crippen molar-refractivity contribution in [1.29, 1.82) is 0 Å². The molecule has 2 amide bonds. The monoisotopic (exact) mass is 475 g/mol. The summed E-state index contributed by atoms with van der Waals surface area (Å²) in [6.07, 6.45) is 8.50. The number of anilines is 1. The molecule has 0 radical (unpaired) electrons. The summed E-state index contributed by atoms with van der Waals surface area (Å²) in [5, 5.41) is 9.88. The lowest BCUT2D eigenvalue weighted by atomic mass is 9.79. The Kier molecular flexibility index (Phi) is 7.65. The minimum atomic E-state index is -0.0796. The van der Waals surface area contributed by atoms with Gasteiger partial charge in [-0.25, -0.2) is 0 Å².